The number of aromatic carboxylic acids is 1. The minimum atomic E-state index is -0.896. The Bertz CT molecular complexity index is 1060. The molecule has 0 aromatic heterocycles. The van der Waals surface area contributed by atoms with E-state index >= 15 is 0 Å². The molecule has 4 nitrogen and oxygen atoms in total. The van der Waals surface area contributed by atoms with Crippen molar-refractivity contribution in [2.45, 2.75) is 55.9 Å². The zero-order valence-electron chi connectivity index (χ0n) is 19.7. The fourth-order valence-electron chi connectivity index (χ4n) is 3.78. The smallest absolute Gasteiger partial charge is 0.336 e. The van der Waals surface area contributed by atoms with E-state index in [-0.39, 0.29) is 5.54 Å². The summed E-state index contributed by atoms with van der Waals surface area (Å²) in [7, 11) is 0. The van der Waals surface area contributed by atoms with Gasteiger partial charge in [0, 0.05) is 22.2 Å². The summed E-state index contributed by atoms with van der Waals surface area (Å²) in [4.78, 5) is 12.4. The van der Waals surface area contributed by atoms with E-state index in [1.807, 2.05) is 42.5 Å². The lowest BCUT2D eigenvalue weighted by Gasteiger charge is -2.28. The van der Waals surface area contributed by atoms with Gasteiger partial charge in [-0.1, -0.05) is 74.5 Å². The quantitative estimate of drug-likeness (QED) is 0.313. The lowest BCUT2D eigenvalue weighted by atomic mass is 9.93. The summed E-state index contributed by atoms with van der Waals surface area (Å²) in [5.74, 6) is -0.896. The highest BCUT2D eigenvalue weighted by Gasteiger charge is 2.20. The van der Waals surface area contributed by atoms with Crippen molar-refractivity contribution < 1.29 is 15.0 Å². The molecule has 3 rings (SSSR count). The highest BCUT2D eigenvalue weighted by molar-refractivity contribution is 8.00. The number of aliphatic hydroxyl groups excluding tert-OH is 1. The molecule has 0 fully saturated rings. The van der Waals surface area contributed by atoms with Crippen LogP contribution in [-0.4, -0.2) is 33.5 Å². The molecule has 0 spiro atoms. The molecule has 33 heavy (non-hydrogen) atoms. The van der Waals surface area contributed by atoms with Crippen LogP contribution in [0.25, 0.3) is 11.1 Å². The highest BCUT2D eigenvalue weighted by atomic mass is 32.2. The van der Waals surface area contributed by atoms with Crippen molar-refractivity contribution in [2.24, 2.45) is 0 Å². The van der Waals surface area contributed by atoms with Gasteiger partial charge in [-0.25, -0.2) is 4.79 Å². The molecule has 3 aromatic rings. The van der Waals surface area contributed by atoms with Crippen molar-refractivity contribution in [1.29, 1.82) is 0 Å². The van der Waals surface area contributed by atoms with Gasteiger partial charge >= 0.3 is 5.97 Å². The second-order valence-electron chi connectivity index (χ2n) is 9.25. The van der Waals surface area contributed by atoms with E-state index in [4.69, 9.17) is 0 Å². The van der Waals surface area contributed by atoms with Gasteiger partial charge in [-0.15, -0.1) is 11.8 Å². The van der Waals surface area contributed by atoms with Crippen LogP contribution < -0.4 is 5.32 Å². The lowest BCUT2D eigenvalue weighted by Crippen LogP contribution is -2.43. The van der Waals surface area contributed by atoms with Crippen molar-refractivity contribution in [1.82, 2.24) is 5.32 Å². The Morgan fingerprint density at radius 2 is 1.61 bits per heavy atom. The maximum atomic E-state index is 11.6. The Labute approximate surface area is 201 Å². The first-order valence-electron chi connectivity index (χ1n) is 11.3. The van der Waals surface area contributed by atoms with E-state index in [1.54, 1.807) is 17.8 Å². The van der Waals surface area contributed by atoms with Gasteiger partial charge < -0.3 is 15.5 Å². The van der Waals surface area contributed by atoms with Crippen molar-refractivity contribution >= 4 is 17.7 Å². The summed E-state index contributed by atoms with van der Waals surface area (Å²) in [5, 5.41) is 23.7. The molecular weight excluding hydrogens is 430 g/mol. The maximum Gasteiger partial charge on any atom is 0.336 e. The fraction of sp³-hybridized carbons (Fsp3) is 0.321. The van der Waals surface area contributed by atoms with Crippen molar-refractivity contribution in [3.63, 3.8) is 0 Å². The summed E-state index contributed by atoms with van der Waals surface area (Å²) in [6.07, 6.45) is 0.279. The second kappa shape index (κ2) is 11.0. The van der Waals surface area contributed by atoms with Gasteiger partial charge in [0.2, 0.25) is 0 Å². The number of β-amino-alcohol motifs (C(OH)–C–C–N with tert-alkyl or cyclic N) is 1. The molecule has 3 aromatic carbocycles. The fourth-order valence-corrected chi connectivity index (χ4v) is 4.77. The number of carboxylic acids is 1. The van der Waals surface area contributed by atoms with Crippen LogP contribution in [0.1, 0.15) is 55.3 Å². The zero-order chi connectivity index (χ0) is 24.0. The summed E-state index contributed by atoms with van der Waals surface area (Å²) in [6, 6.07) is 23.6. The SMILES string of the molecule is CC(C)Sc1cc(-c2ccc(CC(C)(C)NC[C@@H](O)c3ccccc3)cc2)ccc1C(=O)O. The molecule has 174 valence electrons. The highest BCUT2D eigenvalue weighted by Crippen LogP contribution is 2.32. The number of hydrogen-bond donors (Lipinski definition) is 3. The normalized spacial score (nSPS) is 12.7. The van der Waals surface area contributed by atoms with Gasteiger partial charge in [0.25, 0.3) is 0 Å². The third-order valence-corrected chi connectivity index (χ3v) is 6.53. The maximum absolute atomic E-state index is 11.6. The third-order valence-electron chi connectivity index (χ3n) is 5.47. The van der Waals surface area contributed by atoms with Crippen LogP contribution in [0.4, 0.5) is 0 Å². The molecular formula is C28H33NO3S. The molecule has 0 aliphatic carbocycles. The second-order valence-corrected chi connectivity index (χ2v) is 10.9. The summed E-state index contributed by atoms with van der Waals surface area (Å²) in [5.41, 5.74) is 4.35. The van der Waals surface area contributed by atoms with E-state index < -0.39 is 12.1 Å². The molecule has 0 bridgehead atoms. The average molecular weight is 464 g/mol. The molecule has 0 amide bonds. The minimum Gasteiger partial charge on any atom is -0.478 e. The molecule has 3 N–H and O–H groups in total. The summed E-state index contributed by atoms with van der Waals surface area (Å²) >= 11 is 1.57. The molecule has 0 unspecified atom stereocenters. The van der Waals surface area contributed by atoms with Gasteiger partial charge in [0.15, 0.2) is 0 Å². The van der Waals surface area contributed by atoms with Crippen molar-refractivity contribution in [2.75, 3.05) is 6.54 Å². The van der Waals surface area contributed by atoms with Crippen molar-refractivity contribution in [3.05, 3.63) is 89.5 Å². The number of aliphatic hydroxyl groups is 1. The average Bonchev–Trinajstić information content (AvgIpc) is 2.78. The molecule has 0 aliphatic rings. The van der Waals surface area contributed by atoms with Gasteiger partial charge in [-0.3, -0.25) is 0 Å². The molecule has 0 aliphatic heterocycles. The zero-order valence-corrected chi connectivity index (χ0v) is 20.5. The Hall–Kier alpha value is -2.60. The molecule has 1 atom stereocenters. The first-order chi connectivity index (χ1) is 15.6. The van der Waals surface area contributed by atoms with E-state index in [2.05, 4.69) is 57.3 Å². The number of carbonyl (C=O) groups is 1. The van der Waals surface area contributed by atoms with Crippen LogP contribution >= 0.6 is 11.8 Å². The van der Waals surface area contributed by atoms with Crippen LogP contribution in [0, 0.1) is 0 Å². The van der Waals surface area contributed by atoms with Crippen LogP contribution in [0.15, 0.2) is 77.7 Å². The number of benzene rings is 3. The minimum absolute atomic E-state index is 0.179. The van der Waals surface area contributed by atoms with Gasteiger partial charge in [0.05, 0.1) is 11.7 Å². The number of nitrogens with one attached hydrogen (secondary N) is 1. The Balaban J connectivity index is 1.67. The number of carboxylic acid groups (broad SMARTS) is 1. The predicted molar refractivity (Wildman–Crippen MR) is 137 cm³/mol. The Kier molecular flexibility index (Phi) is 8.35. The van der Waals surface area contributed by atoms with Gasteiger partial charge in [-0.2, -0.15) is 0 Å². The van der Waals surface area contributed by atoms with E-state index in [0.29, 0.717) is 17.4 Å². The van der Waals surface area contributed by atoms with Crippen LogP contribution in [0.3, 0.4) is 0 Å². The third kappa shape index (κ3) is 7.19. The van der Waals surface area contributed by atoms with E-state index in [1.165, 1.54) is 5.56 Å². The number of hydrogen-bond acceptors (Lipinski definition) is 4. The van der Waals surface area contributed by atoms with E-state index in [9.17, 15) is 15.0 Å². The van der Waals surface area contributed by atoms with Crippen molar-refractivity contribution in [3.8, 4) is 11.1 Å². The Morgan fingerprint density at radius 3 is 2.21 bits per heavy atom. The first kappa shape index (κ1) is 25.0. The van der Waals surface area contributed by atoms with Crippen LogP contribution in [-0.2, 0) is 6.42 Å². The number of thioether (sulfide) groups is 1. The number of rotatable bonds is 10. The summed E-state index contributed by atoms with van der Waals surface area (Å²) in [6.45, 7) is 8.89. The standard InChI is InChI=1S/C28H33NO3S/c1-19(2)33-26-16-23(14-15-24(26)27(31)32)21-12-10-20(11-13-21)17-28(3,4)29-18-25(30)22-8-6-5-7-9-22/h5-16,19,25,29-30H,17-18H2,1-4H3,(H,31,32)/t25-/m1/s1. The predicted octanol–water partition coefficient (Wildman–Crippen LogP) is 6.20. The first-order valence-corrected chi connectivity index (χ1v) is 12.1. The van der Waals surface area contributed by atoms with E-state index in [0.717, 1.165) is 28.0 Å². The monoisotopic (exact) mass is 463 g/mol. The van der Waals surface area contributed by atoms with Gasteiger partial charge in [-0.05, 0) is 54.7 Å². The lowest BCUT2D eigenvalue weighted by molar-refractivity contribution is 0.0693. The van der Waals surface area contributed by atoms with Crippen LogP contribution in [0.5, 0.6) is 0 Å². The molecule has 0 saturated carbocycles. The summed E-state index contributed by atoms with van der Waals surface area (Å²) < 4.78 is 0. The molecule has 5 heteroatoms. The topological polar surface area (TPSA) is 69.6 Å². The molecule has 0 saturated heterocycles. The van der Waals surface area contributed by atoms with Crippen LogP contribution in [0.2, 0.25) is 0 Å². The molecule has 0 radical (unpaired) electrons. The largest absolute Gasteiger partial charge is 0.478 e. The Morgan fingerprint density at radius 1 is 0.970 bits per heavy atom. The van der Waals surface area contributed by atoms with Gasteiger partial charge in [0.1, 0.15) is 0 Å². The molecule has 0 heterocycles.